The van der Waals surface area contributed by atoms with Crippen molar-refractivity contribution in [2.75, 3.05) is 0 Å². The van der Waals surface area contributed by atoms with E-state index >= 15 is 0 Å². The van der Waals surface area contributed by atoms with E-state index in [0.717, 1.165) is 37.5 Å². The molecule has 2 heteroatoms. The van der Waals surface area contributed by atoms with Crippen LogP contribution in [0.25, 0.3) is 0 Å². The Morgan fingerprint density at radius 2 is 1.83 bits per heavy atom. The topological polar surface area (TPSA) is 40.5 Å². The summed E-state index contributed by atoms with van der Waals surface area (Å²) in [4.78, 5) is 0. The summed E-state index contributed by atoms with van der Waals surface area (Å²) >= 11 is 0. The van der Waals surface area contributed by atoms with Crippen LogP contribution in [0.15, 0.2) is 11.6 Å². The van der Waals surface area contributed by atoms with Crippen molar-refractivity contribution < 1.29 is 10.2 Å². The Morgan fingerprint density at radius 3 is 2.54 bits per heavy atom. The molecule has 4 aliphatic carbocycles. The first-order valence-electron chi connectivity index (χ1n) is 10.3. The molecule has 2 nitrogen and oxygen atoms in total. The van der Waals surface area contributed by atoms with Crippen molar-refractivity contribution in [2.24, 2.45) is 34.5 Å². The first-order chi connectivity index (χ1) is 11.2. The number of hydrogen-bond acceptors (Lipinski definition) is 2. The van der Waals surface area contributed by atoms with E-state index in [1.807, 2.05) is 13.8 Å². The molecule has 0 aromatic carbocycles. The van der Waals surface area contributed by atoms with Crippen LogP contribution in [0.2, 0.25) is 0 Å². The van der Waals surface area contributed by atoms with E-state index in [0.29, 0.717) is 22.7 Å². The van der Waals surface area contributed by atoms with Crippen LogP contribution in [0.1, 0.15) is 79.1 Å². The fraction of sp³-hybridized carbons (Fsp3) is 0.909. The Labute approximate surface area is 147 Å². The zero-order valence-electron chi connectivity index (χ0n) is 16.0. The highest BCUT2D eigenvalue weighted by molar-refractivity contribution is 5.29. The van der Waals surface area contributed by atoms with Gasteiger partial charge in [-0.3, -0.25) is 0 Å². The average molecular weight is 333 g/mol. The van der Waals surface area contributed by atoms with Gasteiger partial charge in [-0.05, 0) is 99.7 Å². The van der Waals surface area contributed by atoms with Crippen LogP contribution in [0.3, 0.4) is 0 Å². The molecule has 3 fully saturated rings. The largest absolute Gasteiger partial charge is 0.393 e. The summed E-state index contributed by atoms with van der Waals surface area (Å²) in [5, 5.41) is 20.9. The van der Waals surface area contributed by atoms with Gasteiger partial charge in [0.05, 0.1) is 11.7 Å². The highest BCUT2D eigenvalue weighted by atomic mass is 16.3. The van der Waals surface area contributed by atoms with E-state index in [1.165, 1.54) is 25.7 Å². The van der Waals surface area contributed by atoms with Crippen LogP contribution < -0.4 is 0 Å². The SMILES string of the molecule is CC(O)C1CC[C@H]2[C@@H]3CC[C@H]4C[C@](C)(O)CC[C@]4(C)C3=CC[C@]12C. The summed E-state index contributed by atoms with van der Waals surface area (Å²) in [6, 6.07) is 0. The lowest BCUT2D eigenvalue weighted by molar-refractivity contribution is -0.0664. The molecule has 0 amide bonds. The minimum atomic E-state index is -0.453. The van der Waals surface area contributed by atoms with Gasteiger partial charge in [0, 0.05) is 0 Å². The molecule has 0 bridgehead atoms. The van der Waals surface area contributed by atoms with Gasteiger partial charge in [-0.2, -0.15) is 0 Å². The van der Waals surface area contributed by atoms with Crippen LogP contribution in [0, 0.1) is 34.5 Å². The first-order valence-corrected chi connectivity index (χ1v) is 10.3. The number of allylic oxidation sites excluding steroid dienone is 2. The van der Waals surface area contributed by atoms with Crippen LogP contribution in [0.5, 0.6) is 0 Å². The smallest absolute Gasteiger partial charge is 0.0623 e. The van der Waals surface area contributed by atoms with Gasteiger partial charge >= 0.3 is 0 Å². The Bertz CT molecular complexity index is 548. The molecule has 0 aliphatic heterocycles. The van der Waals surface area contributed by atoms with Gasteiger partial charge in [0.15, 0.2) is 0 Å². The molecule has 0 saturated heterocycles. The van der Waals surface area contributed by atoms with Gasteiger partial charge in [-0.15, -0.1) is 0 Å². The minimum absolute atomic E-state index is 0.174. The number of aliphatic hydroxyl groups is 2. The summed E-state index contributed by atoms with van der Waals surface area (Å²) < 4.78 is 0. The predicted octanol–water partition coefficient (Wildman–Crippen LogP) is 4.70. The van der Waals surface area contributed by atoms with Crippen LogP contribution in [0.4, 0.5) is 0 Å². The zero-order valence-corrected chi connectivity index (χ0v) is 16.0. The molecule has 3 saturated carbocycles. The molecule has 0 radical (unpaired) electrons. The van der Waals surface area contributed by atoms with Crippen molar-refractivity contribution >= 4 is 0 Å². The summed E-state index contributed by atoms with van der Waals surface area (Å²) in [6.07, 6.45) is 11.7. The average Bonchev–Trinajstić information content (AvgIpc) is 2.85. The maximum absolute atomic E-state index is 10.6. The summed E-state index contributed by atoms with van der Waals surface area (Å²) in [7, 11) is 0. The van der Waals surface area contributed by atoms with Crippen LogP contribution in [-0.4, -0.2) is 21.9 Å². The molecule has 0 aromatic rings. The van der Waals surface area contributed by atoms with Gasteiger partial charge in [-0.25, -0.2) is 0 Å². The maximum Gasteiger partial charge on any atom is 0.0623 e. The molecule has 4 rings (SSSR count). The summed E-state index contributed by atoms with van der Waals surface area (Å²) in [5.41, 5.74) is 1.90. The van der Waals surface area contributed by atoms with Crippen LogP contribution in [-0.2, 0) is 0 Å². The van der Waals surface area contributed by atoms with Crippen molar-refractivity contribution in [2.45, 2.75) is 90.8 Å². The van der Waals surface area contributed by atoms with E-state index in [-0.39, 0.29) is 6.10 Å². The molecule has 0 heterocycles. The minimum Gasteiger partial charge on any atom is -0.393 e. The highest BCUT2D eigenvalue weighted by Crippen LogP contribution is 2.66. The Morgan fingerprint density at radius 1 is 1.08 bits per heavy atom. The van der Waals surface area contributed by atoms with Gasteiger partial charge < -0.3 is 10.2 Å². The Hall–Kier alpha value is -0.340. The monoisotopic (exact) mass is 332 g/mol. The van der Waals surface area contributed by atoms with Crippen molar-refractivity contribution in [1.82, 2.24) is 0 Å². The third-order valence-corrected chi connectivity index (χ3v) is 8.97. The molecule has 0 spiro atoms. The maximum atomic E-state index is 10.6. The molecular weight excluding hydrogens is 296 g/mol. The van der Waals surface area contributed by atoms with Crippen molar-refractivity contribution in [3.05, 3.63) is 11.6 Å². The lowest BCUT2D eigenvalue weighted by atomic mass is 9.47. The molecular formula is C22H36O2. The second-order valence-corrected chi connectivity index (χ2v) is 10.4. The van der Waals surface area contributed by atoms with Gasteiger partial charge in [0.25, 0.3) is 0 Å². The van der Waals surface area contributed by atoms with E-state index in [1.54, 1.807) is 5.57 Å². The molecule has 136 valence electrons. The van der Waals surface area contributed by atoms with E-state index < -0.39 is 5.60 Å². The standard InChI is InChI=1S/C22H36O2/c1-14(23)17-7-8-18-16-6-5-15-13-20(2,24)11-12-21(15,3)19(16)9-10-22(17,18)4/h9,14-18,23-24H,5-8,10-13H2,1-4H3/t14?,15-,16-,17?,18-,20+,21-,22+/m0/s1. The van der Waals surface area contributed by atoms with Gasteiger partial charge in [0.2, 0.25) is 0 Å². The Kier molecular flexibility index (Phi) is 3.80. The van der Waals surface area contributed by atoms with Crippen molar-refractivity contribution in [1.29, 1.82) is 0 Å². The lowest BCUT2D eigenvalue weighted by Crippen LogP contribution is -2.51. The quantitative estimate of drug-likeness (QED) is 0.683. The first kappa shape index (κ1) is 17.1. The second-order valence-electron chi connectivity index (χ2n) is 10.4. The number of rotatable bonds is 1. The third kappa shape index (κ3) is 2.28. The predicted molar refractivity (Wildman–Crippen MR) is 97.5 cm³/mol. The zero-order chi connectivity index (χ0) is 17.3. The highest BCUT2D eigenvalue weighted by Gasteiger charge is 2.58. The molecule has 24 heavy (non-hydrogen) atoms. The fourth-order valence-corrected chi connectivity index (χ4v) is 7.53. The van der Waals surface area contributed by atoms with E-state index in [9.17, 15) is 10.2 Å². The Balaban J connectivity index is 1.66. The molecule has 2 N–H and O–H groups in total. The number of hydrogen-bond donors (Lipinski definition) is 2. The summed E-state index contributed by atoms with van der Waals surface area (Å²) in [6.45, 7) is 8.98. The second kappa shape index (κ2) is 5.33. The number of aliphatic hydroxyl groups excluding tert-OH is 1. The molecule has 4 aliphatic rings. The van der Waals surface area contributed by atoms with E-state index in [2.05, 4.69) is 19.9 Å². The third-order valence-electron chi connectivity index (χ3n) is 8.97. The van der Waals surface area contributed by atoms with Crippen molar-refractivity contribution in [3.8, 4) is 0 Å². The van der Waals surface area contributed by atoms with Crippen molar-refractivity contribution in [3.63, 3.8) is 0 Å². The van der Waals surface area contributed by atoms with Gasteiger partial charge in [0.1, 0.15) is 0 Å². The molecule has 8 atom stereocenters. The van der Waals surface area contributed by atoms with Gasteiger partial charge in [-0.1, -0.05) is 25.5 Å². The van der Waals surface area contributed by atoms with Crippen LogP contribution >= 0.6 is 0 Å². The lowest BCUT2D eigenvalue weighted by Gasteiger charge is -2.58. The number of fused-ring (bicyclic) bond motifs is 5. The molecule has 2 unspecified atom stereocenters. The fourth-order valence-electron chi connectivity index (χ4n) is 7.53. The van der Waals surface area contributed by atoms with E-state index in [4.69, 9.17) is 0 Å². The normalized spacial score (nSPS) is 55.2. The summed E-state index contributed by atoms with van der Waals surface area (Å²) in [5.74, 6) is 2.62. The molecule has 0 aromatic heterocycles.